The number of quaternary nitrogens is 1. The van der Waals surface area contributed by atoms with Gasteiger partial charge in [0.05, 0.1) is 27.7 Å². The Kier molecular flexibility index (Phi) is 42.6. The summed E-state index contributed by atoms with van der Waals surface area (Å²) >= 11 is 0. The number of rotatable bonds is 48. The zero-order chi connectivity index (χ0) is 44.3. The van der Waals surface area contributed by atoms with Crippen LogP contribution < -0.4 is 0 Å². The monoisotopic (exact) mass is 875 g/mol. The lowest BCUT2D eigenvalue weighted by atomic mass is 10.0. The van der Waals surface area contributed by atoms with Crippen LogP contribution in [-0.4, -0.2) is 74.9 Å². The number of unbranched alkanes of at least 4 members (excludes halogenated alkanes) is 34. The molecule has 2 unspecified atom stereocenters. The van der Waals surface area contributed by atoms with Crippen LogP contribution in [0.5, 0.6) is 0 Å². The van der Waals surface area contributed by atoms with Crippen LogP contribution in [0.2, 0.25) is 0 Å². The Balaban J connectivity index is 4.08. The van der Waals surface area contributed by atoms with Crippen molar-refractivity contribution in [3.05, 3.63) is 0 Å². The highest BCUT2D eigenvalue weighted by molar-refractivity contribution is 7.47. The fraction of sp³-hybridized carbons (Fsp3) is 0.960. The molecule has 0 aliphatic heterocycles. The molecule has 9 nitrogen and oxygen atoms in total. The van der Waals surface area contributed by atoms with Gasteiger partial charge in [-0.3, -0.25) is 18.6 Å². The summed E-state index contributed by atoms with van der Waals surface area (Å²) in [5.41, 5.74) is 0. The van der Waals surface area contributed by atoms with Crippen molar-refractivity contribution in [1.29, 1.82) is 0 Å². The van der Waals surface area contributed by atoms with Crippen molar-refractivity contribution in [2.45, 2.75) is 264 Å². The molecule has 0 amide bonds. The van der Waals surface area contributed by atoms with Crippen LogP contribution in [0.1, 0.15) is 258 Å². The Morgan fingerprint density at radius 1 is 0.450 bits per heavy atom. The van der Waals surface area contributed by atoms with Gasteiger partial charge in [0.25, 0.3) is 0 Å². The van der Waals surface area contributed by atoms with Crippen LogP contribution >= 0.6 is 7.82 Å². The first kappa shape index (κ1) is 59.0. The molecule has 0 aliphatic rings. The van der Waals surface area contributed by atoms with Crippen molar-refractivity contribution in [1.82, 2.24) is 0 Å². The number of hydrogen-bond acceptors (Lipinski definition) is 7. The molecule has 2 atom stereocenters. The standard InChI is InChI=1S/C50H100NO8P/c1-6-8-10-12-14-16-18-19-20-21-22-23-24-25-26-27-28-29-30-31-33-35-37-39-41-43-50(53)59-48(47-58-60(54,55)57-45-44-51(3,4)5)46-56-49(52)42-40-38-36-34-32-17-15-13-11-9-7-2/h48H,6-47H2,1-5H3/p+1. The average Bonchev–Trinajstić information content (AvgIpc) is 3.20. The second kappa shape index (κ2) is 43.3. The molecule has 0 rings (SSSR count). The van der Waals surface area contributed by atoms with Gasteiger partial charge in [0, 0.05) is 12.8 Å². The Labute approximate surface area is 372 Å². The molecule has 1 N–H and O–H groups in total. The lowest BCUT2D eigenvalue weighted by molar-refractivity contribution is -0.870. The summed E-state index contributed by atoms with van der Waals surface area (Å²) in [5.74, 6) is -0.781. The number of phosphoric ester groups is 1. The highest BCUT2D eigenvalue weighted by atomic mass is 31.2. The van der Waals surface area contributed by atoms with Gasteiger partial charge < -0.3 is 18.9 Å². The first-order valence-electron chi connectivity index (χ1n) is 25.8. The van der Waals surface area contributed by atoms with Crippen LogP contribution in [0.3, 0.4) is 0 Å². The number of likely N-dealkylation sites (N-methyl/N-ethyl adjacent to an activating group) is 1. The van der Waals surface area contributed by atoms with Gasteiger partial charge in [0.15, 0.2) is 6.10 Å². The minimum Gasteiger partial charge on any atom is -0.462 e. The Hall–Kier alpha value is -0.990. The van der Waals surface area contributed by atoms with Crippen molar-refractivity contribution < 1.29 is 42.1 Å². The van der Waals surface area contributed by atoms with E-state index in [4.69, 9.17) is 18.5 Å². The van der Waals surface area contributed by atoms with E-state index in [1.165, 1.54) is 193 Å². The summed E-state index contributed by atoms with van der Waals surface area (Å²) in [6.45, 7) is 4.47. The van der Waals surface area contributed by atoms with Crippen molar-refractivity contribution >= 4 is 19.8 Å². The van der Waals surface area contributed by atoms with Crippen molar-refractivity contribution in [2.24, 2.45) is 0 Å². The fourth-order valence-electron chi connectivity index (χ4n) is 7.61. The van der Waals surface area contributed by atoms with Crippen LogP contribution in [-0.2, 0) is 32.7 Å². The predicted octanol–water partition coefficient (Wildman–Crippen LogP) is 15.1. The fourth-order valence-corrected chi connectivity index (χ4v) is 8.35. The van der Waals surface area contributed by atoms with Crippen LogP contribution in [0.25, 0.3) is 0 Å². The van der Waals surface area contributed by atoms with Gasteiger partial charge in [-0.25, -0.2) is 4.57 Å². The smallest absolute Gasteiger partial charge is 0.462 e. The second-order valence-electron chi connectivity index (χ2n) is 18.9. The normalized spacial score (nSPS) is 13.4. The van der Waals surface area contributed by atoms with Gasteiger partial charge in [-0.1, -0.05) is 232 Å². The zero-order valence-electron chi connectivity index (χ0n) is 40.5. The summed E-state index contributed by atoms with van der Waals surface area (Å²) in [7, 11) is 1.50. The first-order valence-corrected chi connectivity index (χ1v) is 27.3. The summed E-state index contributed by atoms with van der Waals surface area (Å²) in [5, 5.41) is 0. The quantitative estimate of drug-likeness (QED) is 0.0279. The third-order valence-corrected chi connectivity index (χ3v) is 12.6. The molecule has 0 aromatic carbocycles. The topological polar surface area (TPSA) is 108 Å². The number of carbonyl (C=O) groups excluding carboxylic acids is 2. The van der Waals surface area contributed by atoms with Crippen LogP contribution in [0.15, 0.2) is 0 Å². The number of esters is 2. The van der Waals surface area contributed by atoms with Gasteiger partial charge in [-0.05, 0) is 12.8 Å². The largest absolute Gasteiger partial charge is 0.472 e. The van der Waals surface area contributed by atoms with E-state index >= 15 is 0 Å². The summed E-state index contributed by atoms with van der Waals surface area (Å²) in [6, 6.07) is 0. The number of ether oxygens (including phenoxy) is 2. The minimum absolute atomic E-state index is 0.0370. The molecule has 0 saturated carbocycles. The van der Waals surface area contributed by atoms with Gasteiger partial charge in [0.1, 0.15) is 19.8 Å². The van der Waals surface area contributed by atoms with Gasteiger partial charge in [-0.2, -0.15) is 0 Å². The van der Waals surface area contributed by atoms with Crippen molar-refractivity contribution in [3.63, 3.8) is 0 Å². The molecule has 0 fully saturated rings. The van der Waals surface area contributed by atoms with Gasteiger partial charge in [0.2, 0.25) is 0 Å². The minimum atomic E-state index is -4.37. The van der Waals surface area contributed by atoms with E-state index in [9.17, 15) is 19.0 Å². The molecule has 60 heavy (non-hydrogen) atoms. The maximum atomic E-state index is 12.7. The van der Waals surface area contributed by atoms with E-state index in [1.807, 2.05) is 21.1 Å². The molecular weight excluding hydrogens is 774 g/mol. The lowest BCUT2D eigenvalue weighted by Gasteiger charge is -2.24. The first-order chi connectivity index (χ1) is 29.0. The SMILES string of the molecule is CCCCCCCCCCCCCCCCCCCCCCCCCCCC(=O)OC(COC(=O)CCCCCCCCCCCCC)COP(=O)(O)OCC[N+](C)(C)C. The lowest BCUT2D eigenvalue weighted by Crippen LogP contribution is -2.37. The molecule has 0 aromatic rings. The van der Waals surface area contributed by atoms with E-state index in [-0.39, 0.29) is 25.6 Å². The number of hydrogen-bond donors (Lipinski definition) is 1. The molecule has 0 radical (unpaired) electrons. The van der Waals surface area contributed by atoms with Crippen LogP contribution in [0, 0.1) is 0 Å². The van der Waals surface area contributed by atoms with Crippen LogP contribution in [0.4, 0.5) is 0 Å². The van der Waals surface area contributed by atoms with Crippen molar-refractivity contribution in [2.75, 3.05) is 47.5 Å². The Bertz CT molecular complexity index is 990. The molecule has 0 aliphatic carbocycles. The highest BCUT2D eigenvalue weighted by Crippen LogP contribution is 2.43. The van der Waals surface area contributed by atoms with Crippen molar-refractivity contribution in [3.8, 4) is 0 Å². The number of carbonyl (C=O) groups is 2. The highest BCUT2D eigenvalue weighted by Gasteiger charge is 2.27. The maximum Gasteiger partial charge on any atom is 0.472 e. The molecule has 10 heteroatoms. The van der Waals surface area contributed by atoms with E-state index in [0.29, 0.717) is 17.4 Å². The summed E-state index contributed by atoms with van der Waals surface area (Å²) < 4.78 is 34.4. The number of phosphoric acid groups is 1. The molecule has 0 heterocycles. The summed E-state index contributed by atoms with van der Waals surface area (Å²) in [4.78, 5) is 35.4. The summed E-state index contributed by atoms with van der Waals surface area (Å²) in [6.07, 6.45) is 46.0. The maximum absolute atomic E-state index is 12.7. The molecule has 0 aromatic heterocycles. The molecule has 0 saturated heterocycles. The second-order valence-corrected chi connectivity index (χ2v) is 20.4. The van der Waals surface area contributed by atoms with Gasteiger partial charge >= 0.3 is 19.8 Å². The van der Waals surface area contributed by atoms with E-state index in [0.717, 1.165) is 38.5 Å². The zero-order valence-corrected chi connectivity index (χ0v) is 41.4. The van der Waals surface area contributed by atoms with E-state index < -0.39 is 26.5 Å². The molecule has 0 spiro atoms. The van der Waals surface area contributed by atoms with Gasteiger partial charge in [-0.15, -0.1) is 0 Å². The number of nitrogens with zero attached hydrogens (tertiary/aromatic N) is 1. The van der Waals surface area contributed by atoms with E-state index in [1.54, 1.807) is 0 Å². The Morgan fingerprint density at radius 2 is 0.750 bits per heavy atom. The Morgan fingerprint density at radius 3 is 1.07 bits per heavy atom. The third-order valence-electron chi connectivity index (χ3n) is 11.6. The molecule has 358 valence electrons. The molecule has 0 bridgehead atoms. The molecular formula is C50H101NO8P+. The average molecular weight is 875 g/mol. The third kappa shape index (κ3) is 46.5. The predicted molar refractivity (Wildman–Crippen MR) is 252 cm³/mol. The van der Waals surface area contributed by atoms with E-state index in [2.05, 4.69) is 13.8 Å².